The van der Waals surface area contributed by atoms with Crippen LogP contribution in [0.15, 0.2) is 60.7 Å². The van der Waals surface area contributed by atoms with Gasteiger partial charge in [-0.05, 0) is 36.5 Å². The van der Waals surface area contributed by atoms with Crippen molar-refractivity contribution in [3.05, 3.63) is 66.2 Å². The zero-order valence-electron chi connectivity index (χ0n) is 19.9. The molecular weight excluding hydrogens is 410 g/mol. The van der Waals surface area contributed by atoms with Gasteiger partial charge in [0, 0.05) is 25.2 Å². The second-order valence-corrected chi connectivity index (χ2v) is 10.7. The van der Waals surface area contributed by atoms with E-state index in [4.69, 9.17) is 9.47 Å². The number of ether oxygens (including phenoxy) is 2. The first-order valence-corrected chi connectivity index (χ1v) is 13.1. The van der Waals surface area contributed by atoms with E-state index in [0.717, 1.165) is 54.8 Å². The molecule has 0 radical (unpaired) electrons. The molecule has 4 fully saturated rings. The van der Waals surface area contributed by atoms with Crippen molar-refractivity contribution in [2.45, 2.75) is 56.7 Å². The van der Waals surface area contributed by atoms with E-state index in [1.165, 1.54) is 38.8 Å². The predicted octanol–water partition coefficient (Wildman–Crippen LogP) is 5.16. The van der Waals surface area contributed by atoms with E-state index in [1.807, 2.05) is 48.5 Å². The van der Waals surface area contributed by atoms with Crippen LogP contribution in [0.4, 0.5) is 0 Å². The molecule has 6 rings (SSSR count). The molecule has 4 heteroatoms. The van der Waals surface area contributed by atoms with Gasteiger partial charge < -0.3 is 19.1 Å². The molecule has 0 spiro atoms. The first-order valence-electron chi connectivity index (χ1n) is 13.1. The van der Waals surface area contributed by atoms with Gasteiger partial charge in [0.2, 0.25) is 0 Å². The number of aliphatic hydroxyl groups is 1. The zero-order valence-corrected chi connectivity index (χ0v) is 19.9. The number of hydrogen-bond acceptors (Lipinski definition) is 3. The van der Waals surface area contributed by atoms with Crippen LogP contribution in [0.5, 0.6) is 5.75 Å². The number of rotatable bonds is 10. The van der Waals surface area contributed by atoms with E-state index in [0.29, 0.717) is 18.4 Å². The van der Waals surface area contributed by atoms with Crippen LogP contribution in [0.3, 0.4) is 0 Å². The minimum atomic E-state index is -0.863. The molecule has 2 aromatic rings. The summed E-state index contributed by atoms with van der Waals surface area (Å²) in [6, 6.07) is 20.4. The summed E-state index contributed by atoms with van der Waals surface area (Å²) < 4.78 is 13.8. The molecule has 178 valence electrons. The Bertz CT molecular complexity index is 859. The topological polar surface area (TPSA) is 38.7 Å². The Morgan fingerprint density at radius 2 is 1.55 bits per heavy atom. The molecule has 2 atom stereocenters. The number of hydrogen-bond donors (Lipinski definition) is 1. The Labute approximate surface area is 199 Å². The zero-order chi connectivity index (χ0) is 22.6. The highest BCUT2D eigenvalue weighted by atomic mass is 16.5. The molecule has 0 unspecified atom stereocenters. The monoisotopic (exact) mass is 450 g/mol. The molecular formula is C29H40NO3+. The number of para-hydroxylation sites is 1. The van der Waals surface area contributed by atoms with Gasteiger partial charge in [-0.2, -0.15) is 0 Å². The lowest BCUT2D eigenvalue weighted by atomic mass is 9.80. The third-order valence-corrected chi connectivity index (χ3v) is 8.65. The summed E-state index contributed by atoms with van der Waals surface area (Å²) in [5.41, 5.74) is 0.165. The van der Waals surface area contributed by atoms with E-state index in [1.54, 1.807) is 0 Å². The van der Waals surface area contributed by atoms with Crippen molar-refractivity contribution < 1.29 is 19.1 Å². The van der Waals surface area contributed by atoms with Crippen molar-refractivity contribution in [2.24, 2.45) is 11.8 Å². The minimum Gasteiger partial charge on any atom is -0.493 e. The highest BCUT2D eigenvalue weighted by Crippen LogP contribution is 2.42. The maximum atomic E-state index is 11.9. The summed E-state index contributed by atoms with van der Waals surface area (Å²) in [5.74, 6) is 1.91. The van der Waals surface area contributed by atoms with Crippen LogP contribution >= 0.6 is 0 Å². The molecule has 33 heavy (non-hydrogen) atoms. The molecule has 3 aliphatic heterocycles. The van der Waals surface area contributed by atoms with E-state index in [9.17, 15) is 5.11 Å². The van der Waals surface area contributed by atoms with Gasteiger partial charge in [0.25, 0.3) is 0 Å². The third kappa shape index (κ3) is 5.13. The molecule has 2 bridgehead atoms. The second kappa shape index (κ2) is 10.2. The summed E-state index contributed by atoms with van der Waals surface area (Å²) in [5, 5.41) is 11.9. The number of piperidine rings is 3. The average Bonchev–Trinajstić information content (AvgIpc) is 3.43. The van der Waals surface area contributed by atoms with Crippen molar-refractivity contribution in [1.82, 2.24) is 0 Å². The molecule has 3 heterocycles. The fourth-order valence-electron chi connectivity index (χ4n) is 6.63. The van der Waals surface area contributed by atoms with Crippen LogP contribution in [-0.4, -0.2) is 55.1 Å². The summed E-state index contributed by atoms with van der Waals surface area (Å²) in [6.07, 6.45) is 8.47. The van der Waals surface area contributed by atoms with Crippen LogP contribution in [0.2, 0.25) is 0 Å². The molecule has 4 aliphatic rings. The summed E-state index contributed by atoms with van der Waals surface area (Å²) in [7, 11) is 0. The molecule has 2 aromatic carbocycles. The van der Waals surface area contributed by atoms with E-state index < -0.39 is 5.60 Å². The largest absolute Gasteiger partial charge is 0.493 e. The van der Waals surface area contributed by atoms with Gasteiger partial charge in [0.15, 0.2) is 0 Å². The molecule has 1 N–H and O–H groups in total. The summed E-state index contributed by atoms with van der Waals surface area (Å²) in [6.45, 7) is 5.98. The molecule has 3 saturated heterocycles. The standard InChI is InChI=1S/C29H40NO3/c31-29(26-12-7-8-13-26,25-10-3-1-4-11-25)23-33-28-22-30(19-16-24(28)17-20-30)18-9-21-32-27-14-5-2-6-15-27/h1-6,10-11,14-15,24,26,28,31H,7-9,12-13,16-23H2/q+1/t24?,28-,29-,30?/m0/s1. The van der Waals surface area contributed by atoms with Crippen LogP contribution in [0.1, 0.15) is 50.5 Å². The molecule has 1 saturated carbocycles. The number of quaternary nitrogens is 1. The van der Waals surface area contributed by atoms with Crippen LogP contribution in [0, 0.1) is 11.8 Å². The fraction of sp³-hybridized carbons (Fsp3) is 0.586. The van der Waals surface area contributed by atoms with Gasteiger partial charge in [-0.15, -0.1) is 0 Å². The predicted molar refractivity (Wildman–Crippen MR) is 131 cm³/mol. The van der Waals surface area contributed by atoms with Gasteiger partial charge in [0.1, 0.15) is 24.0 Å². The Kier molecular flexibility index (Phi) is 7.05. The molecule has 1 aliphatic carbocycles. The maximum Gasteiger partial charge on any atom is 0.119 e. The minimum absolute atomic E-state index is 0.263. The smallest absolute Gasteiger partial charge is 0.119 e. The highest BCUT2D eigenvalue weighted by Gasteiger charge is 2.48. The number of benzene rings is 2. The van der Waals surface area contributed by atoms with Crippen molar-refractivity contribution >= 4 is 0 Å². The number of nitrogens with zero attached hydrogens (tertiary/aromatic N) is 1. The first kappa shape index (κ1) is 22.9. The lowest BCUT2D eigenvalue weighted by molar-refractivity contribution is -0.946. The van der Waals surface area contributed by atoms with E-state index in [2.05, 4.69) is 12.1 Å². The Morgan fingerprint density at radius 3 is 2.24 bits per heavy atom. The SMILES string of the molecule is O[C@@](CO[C@H]1C[N+]2(CCCOc3ccccc3)CCC1CC2)(c1ccccc1)C1CCCC1. The summed E-state index contributed by atoms with van der Waals surface area (Å²) in [4.78, 5) is 0. The Hall–Kier alpha value is -1.88. The average molecular weight is 451 g/mol. The van der Waals surface area contributed by atoms with Gasteiger partial charge in [-0.25, -0.2) is 0 Å². The van der Waals surface area contributed by atoms with Crippen molar-refractivity contribution in [3.63, 3.8) is 0 Å². The second-order valence-electron chi connectivity index (χ2n) is 10.7. The van der Waals surface area contributed by atoms with Crippen LogP contribution < -0.4 is 4.74 Å². The highest BCUT2D eigenvalue weighted by molar-refractivity contribution is 5.24. The van der Waals surface area contributed by atoms with Crippen LogP contribution in [-0.2, 0) is 10.3 Å². The Balaban J connectivity index is 1.19. The Morgan fingerprint density at radius 1 is 0.879 bits per heavy atom. The summed E-state index contributed by atoms with van der Waals surface area (Å²) >= 11 is 0. The normalized spacial score (nSPS) is 29.1. The van der Waals surface area contributed by atoms with E-state index >= 15 is 0 Å². The van der Waals surface area contributed by atoms with Gasteiger partial charge in [0.05, 0.1) is 32.8 Å². The number of fused-ring (bicyclic) bond motifs is 3. The van der Waals surface area contributed by atoms with Gasteiger partial charge in [-0.1, -0.05) is 61.4 Å². The molecule has 0 amide bonds. The van der Waals surface area contributed by atoms with Gasteiger partial charge in [-0.3, -0.25) is 0 Å². The van der Waals surface area contributed by atoms with Crippen LogP contribution in [0.25, 0.3) is 0 Å². The fourth-order valence-corrected chi connectivity index (χ4v) is 6.63. The quantitative estimate of drug-likeness (QED) is 0.401. The maximum absolute atomic E-state index is 11.9. The van der Waals surface area contributed by atoms with E-state index in [-0.39, 0.29) is 6.10 Å². The third-order valence-electron chi connectivity index (χ3n) is 8.65. The molecule has 0 aromatic heterocycles. The van der Waals surface area contributed by atoms with Crippen molar-refractivity contribution in [1.29, 1.82) is 0 Å². The van der Waals surface area contributed by atoms with Crippen molar-refractivity contribution in [2.75, 3.05) is 39.4 Å². The van der Waals surface area contributed by atoms with Gasteiger partial charge >= 0.3 is 0 Å². The van der Waals surface area contributed by atoms with Crippen molar-refractivity contribution in [3.8, 4) is 5.75 Å². The first-order chi connectivity index (χ1) is 16.2. The lowest BCUT2D eigenvalue weighted by Crippen LogP contribution is -2.65. The lowest BCUT2D eigenvalue weighted by Gasteiger charge is -2.53. The molecule has 4 nitrogen and oxygen atoms in total.